The van der Waals surface area contributed by atoms with E-state index in [1.54, 1.807) is 6.92 Å². The second-order valence-electron chi connectivity index (χ2n) is 5.63. The van der Waals surface area contributed by atoms with Crippen LogP contribution in [0.15, 0.2) is 29.3 Å². The van der Waals surface area contributed by atoms with Crippen LogP contribution in [0, 0.1) is 36.5 Å². The van der Waals surface area contributed by atoms with Crippen LogP contribution in [0.4, 0.5) is 11.5 Å². The van der Waals surface area contributed by atoms with Crippen molar-refractivity contribution >= 4 is 29.2 Å². The molecular formula is C18H18N5OS+. The number of anilines is 2. The lowest BCUT2D eigenvalue weighted by molar-refractivity contribution is -0.410. The van der Waals surface area contributed by atoms with Crippen LogP contribution in [0.3, 0.4) is 0 Å². The van der Waals surface area contributed by atoms with Crippen molar-refractivity contribution in [2.75, 3.05) is 11.1 Å². The van der Waals surface area contributed by atoms with Gasteiger partial charge in [-0.2, -0.15) is 10.5 Å². The Morgan fingerprint density at radius 1 is 1.24 bits per heavy atom. The number of pyridine rings is 1. The second kappa shape index (κ2) is 7.69. The first-order chi connectivity index (χ1) is 11.8. The third-order valence-electron chi connectivity index (χ3n) is 3.62. The maximum absolute atomic E-state index is 12.4. The number of hydrogen-bond donors (Lipinski definition) is 2. The molecule has 1 aromatic heterocycles. The third-order valence-corrected chi connectivity index (χ3v) is 4.74. The number of carbonyl (C=O) groups is 1. The summed E-state index contributed by atoms with van der Waals surface area (Å²) < 4.78 is 0. The second-order valence-corrected chi connectivity index (χ2v) is 6.98. The van der Waals surface area contributed by atoms with Gasteiger partial charge in [-0.25, -0.2) is 4.98 Å². The number of nitrogens with two attached hydrogens (primary N) is 1. The molecule has 1 heterocycles. The van der Waals surface area contributed by atoms with E-state index in [1.165, 1.54) is 17.8 Å². The molecule has 0 aliphatic heterocycles. The number of amides is 1. The summed E-state index contributed by atoms with van der Waals surface area (Å²) in [7, 11) is 0. The molecule has 0 spiro atoms. The molecule has 0 bridgehead atoms. The maximum atomic E-state index is 12.4. The number of H-pyrrole nitrogens is 1. The summed E-state index contributed by atoms with van der Waals surface area (Å²) in [5.74, 6) is -0.0110. The Morgan fingerprint density at radius 3 is 2.52 bits per heavy atom. The molecule has 0 radical (unpaired) electrons. The number of rotatable bonds is 4. The van der Waals surface area contributed by atoms with Crippen LogP contribution in [0.1, 0.15) is 29.2 Å². The molecular weight excluding hydrogens is 334 g/mol. The van der Waals surface area contributed by atoms with Crippen molar-refractivity contribution in [2.24, 2.45) is 0 Å². The van der Waals surface area contributed by atoms with Crippen LogP contribution in [-0.2, 0) is 4.79 Å². The molecule has 126 valence electrons. The van der Waals surface area contributed by atoms with E-state index in [2.05, 4.69) is 10.3 Å². The summed E-state index contributed by atoms with van der Waals surface area (Å²) in [6, 6.07) is 11.2. The van der Waals surface area contributed by atoms with Crippen LogP contribution in [0.2, 0.25) is 0 Å². The van der Waals surface area contributed by atoms with Gasteiger partial charge in [0.25, 0.3) is 5.82 Å². The molecule has 2 rings (SSSR count). The number of benzene rings is 1. The number of nitrogens with zero attached hydrogens (tertiary/aromatic N) is 2. The van der Waals surface area contributed by atoms with Crippen LogP contribution < -0.4 is 16.0 Å². The van der Waals surface area contributed by atoms with E-state index >= 15 is 0 Å². The quantitative estimate of drug-likeness (QED) is 0.820. The molecule has 2 aromatic rings. The van der Waals surface area contributed by atoms with E-state index < -0.39 is 5.25 Å². The van der Waals surface area contributed by atoms with Crippen LogP contribution in [-0.4, -0.2) is 11.2 Å². The number of nitrogens with one attached hydrogen (secondary N) is 2. The van der Waals surface area contributed by atoms with Gasteiger partial charge >= 0.3 is 0 Å². The van der Waals surface area contributed by atoms with Crippen molar-refractivity contribution in [3.05, 3.63) is 46.5 Å². The SMILES string of the molecule is Cc1ccc(NC(=O)[C@@H](C)Sc2[nH+]c(N)c(C#N)cc2C#N)c(C)c1. The van der Waals surface area contributed by atoms with Gasteiger partial charge in [0.1, 0.15) is 23.3 Å². The van der Waals surface area contributed by atoms with Crippen molar-refractivity contribution in [1.82, 2.24) is 0 Å². The lowest BCUT2D eigenvalue weighted by Crippen LogP contribution is -2.25. The van der Waals surface area contributed by atoms with Gasteiger partial charge in [-0.3, -0.25) is 10.5 Å². The van der Waals surface area contributed by atoms with Crippen molar-refractivity contribution in [3.8, 4) is 12.1 Å². The summed E-state index contributed by atoms with van der Waals surface area (Å²) in [5.41, 5.74) is 9.11. The van der Waals surface area contributed by atoms with Gasteiger partial charge in [0, 0.05) is 5.69 Å². The minimum absolute atomic E-state index is 0.172. The van der Waals surface area contributed by atoms with E-state index in [1.807, 2.05) is 44.2 Å². The fourth-order valence-electron chi connectivity index (χ4n) is 2.23. The molecule has 0 aliphatic rings. The van der Waals surface area contributed by atoms with Crippen molar-refractivity contribution < 1.29 is 9.78 Å². The molecule has 0 aliphatic carbocycles. The number of aromatic nitrogens is 1. The average Bonchev–Trinajstić information content (AvgIpc) is 2.57. The van der Waals surface area contributed by atoms with Crippen molar-refractivity contribution in [3.63, 3.8) is 0 Å². The molecule has 1 aromatic carbocycles. The Bertz CT molecular complexity index is 911. The minimum atomic E-state index is -0.462. The van der Waals surface area contributed by atoms with Gasteiger partial charge in [-0.1, -0.05) is 29.5 Å². The number of thioether (sulfide) groups is 1. The number of hydrogen-bond acceptors (Lipinski definition) is 5. The number of aromatic amines is 1. The molecule has 0 unspecified atom stereocenters. The first-order valence-corrected chi connectivity index (χ1v) is 8.44. The summed E-state index contributed by atoms with van der Waals surface area (Å²) in [6.45, 7) is 5.67. The zero-order chi connectivity index (χ0) is 18.6. The van der Waals surface area contributed by atoms with Crippen molar-refractivity contribution in [2.45, 2.75) is 31.0 Å². The van der Waals surface area contributed by atoms with E-state index in [0.29, 0.717) is 5.03 Å². The Labute approximate surface area is 150 Å². The molecule has 0 saturated carbocycles. The summed E-state index contributed by atoms with van der Waals surface area (Å²) >= 11 is 1.18. The summed E-state index contributed by atoms with van der Waals surface area (Å²) in [6.07, 6.45) is 0. The summed E-state index contributed by atoms with van der Waals surface area (Å²) in [4.78, 5) is 15.3. The summed E-state index contributed by atoms with van der Waals surface area (Å²) in [5, 5.41) is 21.1. The molecule has 1 amide bonds. The Balaban J connectivity index is 2.18. The zero-order valence-corrected chi connectivity index (χ0v) is 15.0. The fraction of sp³-hybridized carbons (Fsp3) is 0.222. The molecule has 6 nitrogen and oxygen atoms in total. The molecule has 1 atom stereocenters. The number of nitriles is 2. The van der Waals surface area contributed by atoms with Gasteiger partial charge in [-0.15, -0.1) is 0 Å². The van der Waals surface area contributed by atoms with Crippen molar-refractivity contribution in [1.29, 1.82) is 10.5 Å². The van der Waals surface area contributed by atoms with Gasteiger partial charge in [0.2, 0.25) is 5.91 Å². The largest absolute Gasteiger partial charge is 0.325 e. The lowest BCUT2D eigenvalue weighted by atomic mass is 10.1. The monoisotopic (exact) mass is 352 g/mol. The Morgan fingerprint density at radius 2 is 1.92 bits per heavy atom. The smallest absolute Gasteiger partial charge is 0.289 e. The highest BCUT2D eigenvalue weighted by atomic mass is 32.2. The highest BCUT2D eigenvalue weighted by Gasteiger charge is 2.21. The first-order valence-electron chi connectivity index (χ1n) is 7.56. The van der Waals surface area contributed by atoms with Gasteiger partial charge in [-0.05, 0) is 38.5 Å². The molecule has 25 heavy (non-hydrogen) atoms. The fourth-order valence-corrected chi connectivity index (χ4v) is 3.15. The van der Waals surface area contributed by atoms with Crippen LogP contribution >= 0.6 is 11.8 Å². The highest BCUT2D eigenvalue weighted by molar-refractivity contribution is 8.00. The van der Waals surface area contributed by atoms with E-state index in [-0.39, 0.29) is 22.9 Å². The standard InChI is InChI=1S/C18H17N5OS/c1-10-4-5-15(11(2)6-10)22-17(24)12(3)25-18-14(9-20)7-13(8-19)16(21)23-18/h4-7,12H,1-3H3,(H2,21,23)(H,22,24)/p+1/t12-/m1/s1. The third kappa shape index (κ3) is 4.28. The zero-order valence-electron chi connectivity index (χ0n) is 14.2. The molecule has 4 N–H and O–H groups in total. The van der Waals surface area contributed by atoms with E-state index in [9.17, 15) is 10.1 Å². The normalized spacial score (nSPS) is 11.2. The van der Waals surface area contributed by atoms with Gasteiger partial charge in [0.15, 0.2) is 5.03 Å². The highest BCUT2D eigenvalue weighted by Crippen LogP contribution is 2.26. The first kappa shape index (κ1) is 18.3. The van der Waals surface area contributed by atoms with Gasteiger partial charge < -0.3 is 5.32 Å². The molecule has 0 saturated heterocycles. The number of carbonyl (C=O) groups excluding carboxylic acids is 1. The Hall–Kier alpha value is -3.03. The van der Waals surface area contributed by atoms with Crippen LogP contribution in [0.5, 0.6) is 0 Å². The number of nitrogen functional groups attached to an aromatic ring is 1. The molecule has 0 fully saturated rings. The van der Waals surface area contributed by atoms with Gasteiger partial charge in [0.05, 0.1) is 5.25 Å². The minimum Gasteiger partial charge on any atom is -0.325 e. The molecule has 7 heteroatoms. The Kier molecular flexibility index (Phi) is 5.63. The average molecular weight is 352 g/mol. The van der Waals surface area contributed by atoms with E-state index in [0.717, 1.165) is 16.8 Å². The van der Waals surface area contributed by atoms with Crippen LogP contribution in [0.25, 0.3) is 0 Å². The topological polar surface area (TPSA) is 117 Å². The number of aryl methyl sites for hydroxylation is 2. The van der Waals surface area contributed by atoms with E-state index in [4.69, 9.17) is 11.0 Å². The predicted octanol–water partition coefficient (Wildman–Crippen LogP) is 2.56. The lowest BCUT2D eigenvalue weighted by Gasteiger charge is -2.13. The maximum Gasteiger partial charge on any atom is 0.289 e. The predicted molar refractivity (Wildman–Crippen MR) is 96.7 cm³/mol.